The summed E-state index contributed by atoms with van der Waals surface area (Å²) >= 11 is 0. The maximum atomic E-state index is 11.7. The van der Waals surface area contributed by atoms with Crippen molar-refractivity contribution >= 4 is 11.9 Å². The summed E-state index contributed by atoms with van der Waals surface area (Å²) in [4.78, 5) is 23.1. The number of benzene rings is 4. The van der Waals surface area contributed by atoms with Gasteiger partial charge in [0.1, 0.15) is 41.3 Å². The molecule has 8 nitrogen and oxygen atoms in total. The number of carbonyl (C=O) groups excluding carboxylic acids is 2. The van der Waals surface area contributed by atoms with Crippen molar-refractivity contribution in [1.29, 1.82) is 0 Å². The molecule has 2 aromatic heterocycles. The monoisotopic (exact) mass is 909 g/mol. The first-order valence-corrected chi connectivity index (χ1v) is 24.3. The number of cyclic esters (lactones) is 1. The van der Waals surface area contributed by atoms with Crippen molar-refractivity contribution in [3.05, 3.63) is 159 Å². The molecule has 0 amide bonds. The number of hydrogen-bond donors (Lipinski definition) is 1. The van der Waals surface area contributed by atoms with Gasteiger partial charge in [-0.2, -0.15) is 0 Å². The lowest BCUT2D eigenvalue weighted by molar-refractivity contribution is -0.142. The largest absolute Gasteiger partial charge is 0.489 e. The summed E-state index contributed by atoms with van der Waals surface area (Å²) in [6.07, 6.45) is 6.24. The minimum atomic E-state index is -0.930. The van der Waals surface area contributed by atoms with Crippen molar-refractivity contribution in [3.63, 3.8) is 0 Å². The van der Waals surface area contributed by atoms with E-state index in [4.69, 9.17) is 23.0 Å². The molecule has 67 heavy (non-hydrogen) atoms. The van der Waals surface area contributed by atoms with Gasteiger partial charge in [0.25, 0.3) is 0 Å². The molecule has 0 unspecified atom stereocenters. The molecule has 0 aliphatic carbocycles. The number of esters is 2. The van der Waals surface area contributed by atoms with Gasteiger partial charge in [0.15, 0.2) is 0 Å². The molecule has 1 aliphatic rings. The van der Waals surface area contributed by atoms with E-state index in [9.17, 15) is 14.7 Å². The van der Waals surface area contributed by atoms with Crippen molar-refractivity contribution in [2.75, 3.05) is 13.7 Å². The molecular formula is C59H72O8. The molecule has 0 radical (unpaired) electrons. The van der Waals surface area contributed by atoms with Crippen LogP contribution >= 0.6 is 0 Å². The third-order valence-electron chi connectivity index (χ3n) is 14.9. The van der Waals surface area contributed by atoms with E-state index in [1.165, 1.54) is 40.5 Å². The molecule has 0 saturated carbocycles. The summed E-state index contributed by atoms with van der Waals surface area (Å²) in [5.41, 5.74) is 12.2. The maximum Gasteiger partial charge on any atom is 0.373 e. The van der Waals surface area contributed by atoms with E-state index in [-0.39, 0.29) is 28.7 Å². The number of aliphatic hydroxyl groups is 1. The van der Waals surface area contributed by atoms with Crippen molar-refractivity contribution < 1.29 is 37.7 Å². The van der Waals surface area contributed by atoms with Crippen molar-refractivity contribution in [3.8, 4) is 28.4 Å². The normalized spacial score (nSPS) is 14.1. The average Bonchev–Trinajstić information content (AvgIpc) is 4.13. The van der Waals surface area contributed by atoms with Crippen LogP contribution in [0.1, 0.15) is 159 Å². The van der Waals surface area contributed by atoms with Crippen LogP contribution in [0.3, 0.4) is 0 Å². The molecule has 8 heteroatoms. The lowest BCUT2D eigenvalue weighted by Gasteiger charge is -2.34. The van der Waals surface area contributed by atoms with E-state index >= 15 is 0 Å². The van der Waals surface area contributed by atoms with Gasteiger partial charge in [-0.15, -0.1) is 0 Å². The van der Waals surface area contributed by atoms with Crippen LogP contribution in [0.5, 0.6) is 5.75 Å². The zero-order valence-corrected chi connectivity index (χ0v) is 42.0. The molecule has 6 aromatic rings. The predicted octanol–water partition coefficient (Wildman–Crippen LogP) is 14.5. The Morgan fingerprint density at radius 2 is 1.09 bits per heavy atom. The van der Waals surface area contributed by atoms with Crippen LogP contribution in [0.2, 0.25) is 0 Å². The third kappa shape index (κ3) is 10.4. The fourth-order valence-electron chi connectivity index (χ4n) is 10.00. The molecule has 1 saturated heterocycles. The second kappa shape index (κ2) is 21.4. The minimum Gasteiger partial charge on any atom is -0.489 e. The quantitative estimate of drug-likeness (QED) is 0.0902. The topological polar surface area (TPSA) is 108 Å². The Bertz CT molecular complexity index is 2650. The number of carbonyl (C=O) groups is 2. The number of furan rings is 2. The molecule has 4 aromatic carbocycles. The summed E-state index contributed by atoms with van der Waals surface area (Å²) in [6, 6.07) is 33.9. The van der Waals surface area contributed by atoms with Crippen LogP contribution in [0, 0.1) is 34.6 Å². The van der Waals surface area contributed by atoms with Gasteiger partial charge in [-0.25, -0.2) is 4.79 Å². The highest BCUT2D eigenvalue weighted by Gasteiger charge is 2.34. The van der Waals surface area contributed by atoms with Crippen LogP contribution in [0.25, 0.3) is 22.6 Å². The number of rotatable bonds is 17. The summed E-state index contributed by atoms with van der Waals surface area (Å²) in [5.74, 6) is 2.54. The number of ether oxygens (including phenoxy) is 3. The fraction of sp³-hybridized carbons (Fsp3) is 0.424. The van der Waals surface area contributed by atoms with Gasteiger partial charge in [0, 0.05) is 28.4 Å². The van der Waals surface area contributed by atoms with Crippen LogP contribution in [0.15, 0.2) is 106 Å². The second-order valence-corrected chi connectivity index (χ2v) is 18.4. The first kappa shape index (κ1) is 50.6. The highest BCUT2D eigenvalue weighted by Crippen LogP contribution is 2.44. The van der Waals surface area contributed by atoms with Crippen LogP contribution in [0.4, 0.5) is 0 Å². The molecule has 0 bridgehead atoms. The van der Waals surface area contributed by atoms with Crippen molar-refractivity contribution in [1.82, 2.24) is 0 Å². The smallest absolute Gasteiger partial charge is 0.373 e. The van der Waals surface area contributed by atoms with E-state index in [2.05, 4.69) is 135 Å². The third-order valence-corrected chi connectivity index (χ3v) is 14.9. The lowest BCUT2D eigenvalue weighted by Crippen LogP contribution is -2.26. The standard InChI is InChI=1S/C33H42O5.C26H30O3/c1-7-32(8-2,25-12-15-28(23(6)20-25)36-21-26-13-18-31(34)37-26)24-11-14-27(22(5)19-24)29-16-17-30(38-29)33(35,9-3)10-4;1-7-26(8-2,20-10-9-17(3)18(4)15-20)21-11-12-22(19(5)16-21)23-13-14-24(29-23)25(27)28-6/h11-12,14-17,19-20,26,35H,7-10,13,18,21H2,1-6H3;9-16H,7-8H2,1-6H3/t26-;/m1./s1. The Hall–Kier alpha value is -5.86. The molecule has 7 rings (SSSR count). The lowest BCUT2D eigenvalue weighted by atomic mass is 9.69. The van der Waals surface area contributed by atoms with E-state index in [0.29, 0.717) is 37.4 Å². The van der Waals surface area contributed by atoms with Gasteiger partial charge in [-0.05, 0) is 160 Å². The number of methoxy groups -OCH3 is 1. The van der Waals surface area contributed by atoms with E-state index in [1.807, 2.05) is 32.0 Å². The van der Waals surface area contributed by atoms with Crippen LogP contribution < -0.4 is 4.74 Å². The maximum absolute atomic E-state index is 11.7. The zero-order valence-electron chi connectivity index (χ0n) is 42.0. The highest BCUT2D eigenvalue weighted by molar-refractivity contribution is 5.87. The van der Waals surface area contributed by atoms with Gasteiger partial charge >= 0.3 is 11.9 Å². The molecule has 1 N–H and O–H groups in total. The zero-order chi connectivity index (χ0) is 48.7. The molecule has 1 fully saturated rings. The molecule has 1 aliphatic heterocycles. The SMILES string of the molecule is CCC(CC)(c1ccc(C)c(C)c1)c1ccc(-c2ccc(C(=O)OC)o2)c(C)c1.CCC(O)(CC)c1ccc(-c2ccc(C(CC)(CC)c3ccc(OC[C@H]4CCC(=O)O4)c(C)c3)cc2C)o1. The summed E-state index contributed by atoms with van der Waals surface area (Å²) in [7, 11) is 1.35. The van der Waals surface area contributed by atoms with Gasteiger partial charge in [0.2, 0.25) is 5.76 Å². The van der Waals surface area contributed by atoms with Crippen LogP contribution in [-0.2, 0) is 30.7 Å². The Balaban J connectivity index is 0.000000229. The first-order chi connectivity index (χ1) is 32.0. The minimum absolute atomic E-state index is 0.0257. The Morgan fingerprint density at radius 1 is 0.597 bits per heavy atom. The molecule has 356 valence electrons. The predicted molar refractivity (Wildman–Crippen MR) is 268 cm³/mol. The van der Waals surface area contributed by atoms with Crippen molar-refractivity contribution in [2.24, 2.45) is 0 Å². The molecular weight excluding hydrogens is 837 g/mol. The Morgan fingerprint density at radius 3 is 1.55 bits per heavy atom. The molecule has 1 atom stereocenters. The van der Waals surface area contributed by atoms with Crippen LogP contribution in [-0.4, -0.2) is 36.9 Å². The average molecular weight is 909 g/mol. The summed E-state index contributed by atoms with van der Waals surface area (Å²) in [5, 5.41) is 10.9. The fourth-order valence-corrected chi connectivity index (χ4v) is 10.00. The molecule has 0 spiro atoms. The second-order valence-electron chi connectivity index (χ2n) is 18.4. The van der Waals surface area contributed by atoms with E-state index in [1.54, 1.807) is 6.07 Å². The summed E-state index contributed by atoms with van der Waals surface area (Å²) in [6.45, 7) is 24.0. The summed E-state index contributed by atoms with van der Waals surface area (Å²) < 4.78 is 27.9. The number of hydrogen-bond acceptors (Lipinski definition) is 8. The van der Waals surface area contributed by atoms with E-state index in [0.717, 1.165) is 71.4 Å². The van der Waals surface area contributed by atoms with E-state index < -0.39 is 11.6 Å². The van der Waals surface area contributed by atoms with Gasteiger partial charge < -0.3 is 28.2 Å². The van der Waals surface area contributed by atoms with Crippen molar-refractivity contribution in [2.45, 2.75) is 150 Å². The van der Waals surface area contributed by atoms with Gasteiger partial charge in [0.05, 0.1) is 7.11 Å². The molecule has 3 heterocycles. The Labute approximate surface area is 399 Å². The van der Waals surface area contributed by atoms with Gasteiger partial charge in [-0.3, -0.25) is 4.79 Å². The highest BCUT2D eigenvalue weighted by atomic mass is 16.6. The first-order valence-electron chi connectivity index (χ1n) is 24.3. The van der Waals surface area contributed by atoms with Gasteiger partial charge in [-0.1, -0.05) is 108 Å². The Kier molecular flexibility index (Phi) is 16.1. The number of aryl methyl sites for hydroxylation is 5.